The van der Waals surface area contributed by atoms with Gasteiger partial charge in [0.15, 0.2) is 0 Å². The van der Waals surface area contributed by atoms with E-state index in [4.69, 9.17) is 0 Å². The maximum absolute atomic E-state index is 4.49. The van der Waals surface area contributed by atoms with Crippen molar-refractivity contribution < 1.29 is 18.2 Å². The molecule has 30 heavy (non-hydrogen) atoms. The number of hydrogen-bond donors (Lipinski definition) is 0. The zero-order valence-electron chi connectivity index (χ0n) is 18.2. The molecule has 160 valence electrons. The van der Waals surface area contributed by atoms with Crippen LogP contribution in [0.5, 0.6) is 0 Å². The molecule has 0 aliphatic carbocycles. The third-order valence-electron chi connectivity index (χ3n) is 5.29. The second-order valence-electron chi connectivity index (χ2n) is 7.49. The molecule has 3 aromatic rings. The zero-order valence-corrected chi connectivity index (χ0v) is 22.4. The van der Waals surface area contributed by atoms with Crippen LogP contribution in [-0.2, 0) is 18.2 Å². The molecule has 0 fully saturated rings. The van der Waals surface area contributed by atoms with Gasteiger partial charge in [0, 0.05) is 6.04 Å². The van der Waals surface area contributed by atoms with Gasteiger partial charge in [0.2, 0.25) is 0 Å². The number of fused-ring (bicyclic) bond motifs is 1. The summed E-state index contributed by atoms with van der Waals surface area (Å²) in [5.41, 5.74) is 4.23. The minimum absolute atomic E-state index is 0.399. The molecule has 0 aromatic heterocycles. The molecule has 1 aliphatic rings. The van der Waals surface area contributed by atoms with Crippen LogP contribution in [0.3, 0.4) is 0 Å². The summed E-state index contributed by atoms with van der Waals surface area (Å²) >= 11 is 1.27. The van der Waals surface area contributed by atoms with Crippen molar-refractivity contribution >= 4 is 39.3 Å². The van der Waals surface area contributed by atoms with Crippen LogP contribution in [0.15, 0.2) is 87.6 Å². The second-order valence-corrected chi connectivity index (χ2v) is 11.4. The number of rotatable bonds is 3. The van der Waals surface area contributed by atoms with Gasteiger partial charge in [-0.25, -0.2) is 0 Å². The second kappa shape index (κ2) is 12.7. The first kappa shape index (κ1) is 25.1. The topological polar surface area (TPSA) is 3.24 Å². The fraction of sp³-hybridized carbons (Fsp3) is 0.231. The van der Waals surface area contributed by atoms with E-state index < -0.39 is 14.7 Å². The molecule has 0 radical (unpaired) electrons. The average Bonchev–Trinajstić information content (AvgIpc) is 3.13. The molecule has 4 heteroatoms. The minimum atomic E-state index is -0.948. The monoisotopic (exact) mass is 571 g/mol. The summed E-state index contributed by atoms with van der Waals surface area (Å²) in [4.78, 5) is 7.15. The van der Waals surface area contributed by atoms with Crippen LogP contribution in [-0.4, -0.2) is 33.6 Å². The summed E-state index contributed by atoms with van der Waals surface area (Å²) in [5.74, 6) is 0. The van der Waals surface area contributed by atoms with Gasteiger partial charge >= 0.3 is 112 Å². The van der Waals surface area contributed by atoms with Crippen molar-refractivity contribution in [2.45, 2.75) is 26.8 Å². The van der Waals surface area contributed by atoms with Gasteiger partial charge in [-0.3, -0.25) is 0 Å². The number of halogens is 1. The first-order valence-corrected chi connectivity index (χ1v) is 15.0. The van der Waals surface area contributed by atoms with Crippen LogP contribution < -0.4 is 4.35 Å². The van der Waals surface area contributed by atoms with E-state index in [2.05, 4.69) is 144 Å². The Kier molecular flexibility index (Phi) is 10.6. The molecule has 1 nitrogen and oxygen atoms in total. The Morgan fingerprint density at radius 1 is 0.867 bits per heavy atom. The fourth-order valence-electron chi connectivity index (χ4n) is 3.20. The van der Waals surface area contributed by atoms with Crippen molar-refractivity contribution in [3.8, 4) is 0 Å². The third kappa shape index (κ3) is 6.68. The standard InChI is InChI=1S/C14H16N.C12H13As.ClH.Pd/c1-11(15(2)3)13-10-6-8-12-7-4-5-9-14(12)13;1-10-8-13(9-11(10)2)12-6-4-3-5-7-12;;/h4-9,11H,1-3H3;3-9H,1-2H3;1H;/q-1;;;+2/p-1/t11-;;;/m0.../s1. The molecule has 1 heterocycles. The Morgan fingerprint density at radius 3 is 2.03 bits per heavy atom. The summed E-state index contributed by atoms with van der Waals surface area (Å²) in [6.07, 6.45) is 0. The number of hydrogen-bond acceptors (Lipinski definition) is 1. The molecular formula is C26H29AsClNPd. The van der Waals surface area contributed by atoms with Gasteiger partial charge in [0.05, 0.1) is 0 Å². The van der Waals surface area contributed by atoms with Gasteiger partial charge in [-0.15, -0.1) is 22.4 Å². The van der Waals surface area contributed by atoms with E-state index in [1.54, 1.807) is 0 Å². The van der Waals surface area contributed by atoms with E-state index >= 15 is 0 Å². The van der Waals surface area contributed by atoms with E-state index in [9.17, 15) is 0 Å². The molecule has 0 unspecified atom stereocenters. The van der Waals surface area contributed by atoms with E-state index in [0.29, 0.717) is 6.04 Å². The molecule has 3 aromatic carbocycles. The quantitative estimate of drug-likeness (QED) is 0.262. The van der Waals surface area contributed by atoms with Crippen LogP contribution in [0, 0.1) is 6.07 Å². The molecule has 4 rings (SSSR count). The molecule has 0 saturated carbocycles. The van der Waals surface area contributed by atoms with Crippen LogP contribution in [0.1, 0.15) is 32.4 Å². The van der Waals surface area contributed by atoms with E-state index in [0.717, 1.165) is 0 Å². The molecular weight excluding hydrogens is 543 g/mol. The van der Waals surface area contributed by atoms with Crippen LogP contribution in [0.2, 0.25) is 0 Å². The van der Waals surface area contributed by atoms with Gasteiger partial charge in [-0.2, -0.15) is 18.2 Å². The fourth-order valence-corrected chi connectivity index (χ4v) is 7.67. The molecule has 0 saturated heterocycles. The van der Waals surface area contributed by atoms with Gasteiger partial charge in [0.1, 0.15) is 0 Å². The van der Waals surface area contributed by atoms with Gasteiger partial charge in [-0.1, -0.05) is 18.2 Å². The van der Waals surface area contributed by atoms with Crippen LogP contribution in [0.25, 0.3) is 10.8 Å². The predicted octanol–water partition coefficient (Wildman–Crippen LogP) is 6.32. The summed E-state index contributed by atoms with van der Waals surface area (Å²) in [7, 11) is 8.68. The predicted molar refractivity (Wildman–Crippen MR) is 130 cm³/mol. The Balaban J connectivity index is 0.000000199. The van der Waals surface area contributed by atoms with E-state index in [1.165, 1.54) is 31.8 Å². The molecule has 0 bridgehead atoms. The molecule has 0 amide bonds. The van der Waals surface area contributed by atoms with Crippen molar-refractivity contribution in [1.82, 2.24) is 4.90 Å². The summed E-state index contributed by atoms with van der Waals surface area (Å²) in [6.45, 7) is 6.63. The van der Waals surface area contributed by atoms with Crippen molar-refractivity contribution in [3.05, 3.63) is 99.2 Å². The Bertz CT molecular complexity index is 975. The number of nitrogens with zero attached hydrogens (tertiary/aromatic N) is 1. The Morgan fingerprint density at radius 2 is 1.43 bits per heavy atom. The molecule has 0 N–H and O–H groups in total. The number of allylic oxidation sites excluding steroid dienone is 2. The Labute approximate surface area is 201 Å². The summed E-state index contributed by atoms with van der Waals surface area (Å²) in [5, 5.41) is 2.60. The molecule has 1 atom stereocenters. The maximum atomic E-state index is 4.49. The first-order valence-electron chi connectivity index (χ1n) is 9.85. The zero-order chi connectivity index (χ0) is 22.1. The van der Waals surface area contributed by atoms with Crippen molar-refractivity contribution in [2.75, 3.05) is 14.1 Å². The molecule has 1 aliphatic heterocycles. The Hall–Kier alpha value is -1.13. The van der Waals surface area contributed by atoms with Crippen molar-refractivity contribution in [1.29, 1.82) is 0 Å². The van der Waals surface area contributed by atoms with Crippen LogP contribution in [0.4, 0.5) is 0 Å². The van der Waals surface area contributed by atoms with Gasteiger partial charge < -0.3 is 4.90 Å². The van der Waals surface area contributed by atoms with E-state index in [1.807, 2.05) is 6.07 Å². The summed E-state index contributed by atoms with van der Waals surface area (Å²) in [6, 6.07) is 27.2. The van der Waals surface area contributed by atoms with Gasteiger partial charge in [-0.05, 0) is 21.0 Å². The number of benzene rings is 3. The van der Waals surface area contributed by atoms with Crippen molar-refractivity contribution in [2.24, 2.45) is 0 Å². The first-order chi connectivity index (χ1) is 14.5. The average molecular weight is 572 g/mol. The summed E-state index contributed by atoms with van der Waals surface area (Å²) < 4.78 is 1.53. The van der Waals surface area contributed by atoms with Gasteiger partial charge in [0.25, 0.3) is 0 Å². The SMILES string of the molecule is CC1=C[As](c2ccccc2)C=C1C.C[C@@H](c1[c-]ccc2ccccc12)N(C)C.[Cl][Pd+]. The third-order valence-corrected chi connectivity index (χ3v) is 9.96. The van der Waals surface area contributed by atoms with Crippen molar-refractivity contribution in [3.63, 3.8) is 0 Å². The normalized spacial score (nSPS) is 14.3. The van der Waals surface area contributed by atoms with Crippen LogP contribution >= 0.6 is 9.53 Å². The van der Waals surface area contributed by atoms with E-state index in [-0.39, 0.29) is 0 Å². The molecule has 0 spiro atoms.